The molecule has 2 aliphatic heterocycles. The Hall–Kier alpha value is -2.08. The molecule has 8 saturated carbocycles. The molecule has 0 aromatic rings. The van der Waals surface area contributed by atoms with E-state index in [0.29, 0.717) is 68.6 Å². The maximum Gasteiger partial charge on any atom is 1.00 e. The summed E-state index contributed by atoms with van der Waals surface area (Å²) in [5, 5.41) is 96.3. The van der Waals surface area contributed by atoms with Crippen LogP contribution in [0.2, 0.25) is 0 Å². The first kappa shape index (κ1) is 81.0. The zero-order chi connectivity index (χ0) is 72.8. The molecule has 0 spiro atoms. The molecule has 0 bridgehead atoms. The molecular weight excluding hydrogens is 1280 g/mol. The Kier molecular flexibility index (Phi) is 22.8. The summed E-state index contributed by atoms with van der Waals surface area (Å²) in [4.78, 5) is 53.7. The fourth-order valence-electron chi connectivity index (χ4n) is 25.2. The second kappa shape index (κ2) is 27.9. The zero-order valence-electron chi connectivity index (χ0n) is 63.9. The van der Waals surface area contributed by atoms with Gasteiger partial charge >= 0.3 is 53.4 Å². The van der Waals surface area contributed by atoms with Gasteiger partial charge in [-0.25, -0.2) is 0 Å². The van der Waals surface area contributed by atoms with Crippen molar-refractivity contribution in [2.45, 2.75) is 326 Å². The minimum absolute atomic E-state index is 0. The topological polar surface area (TPSA) is 309 Å². The Morgan fingerprint density at radius 2 is 0.879 bits per heavy atom. The van der Waals surface area contributed by atoms with Crippen molar-refractivity contribution in [3.8, 4) is 0 Å². The van der Waals surface area contributed by atoms with E-state index in [-0.39, 0.29) is 108 Å². The van der Waals surface area contributed by atoms with Gasteiger partial charge in [-0.2, -0.15) is 7.11 Å². The van der Waals surface area contributed by atoms with Gasteiger partial charge in [0, 0.05) is 13.8 Å². The van der Waals surface area contributed by atoms with E-state index in [1.165, 1.54) is 25.0 Å². The maximum atomic E-state index is 14.9. The SMILES string of the molecule is CC1(C)CC[C@]2(C(=O)O[C@H]3OC(CO)[C@H](O)C(O)[C@H]3O)C(O)C[C@]3(C)C(=CC[C@@H]4[C@@]5(C)CC[C@H](O)C(C)(C)[C@@H]5CC[C@]43C)[C@@H]2C1.CCC1O[C@H](OC(=O)[C@]23CCC(C)(C)C[C@H]2C2=CC[C@@H]4[C@@]5(C)CC[C@H](O)C(C)(C)[C@@H]5CC[C@@]4(C)[C@]2(C)CC3O)[C@H](C)C(OC(C)=O)[C@H]1OC(C)=O.C[O-].[Na+]. The van der Waals surface area contributed by atoms with Crippen LogP contribution in [0, 0.1) is 106 Å². The Bertz CT molecular complexity index is 3050. The van der Waals surface area contributed by atoms with Gasteiger partial charge in [0.15, 0.2) is 6.10 Å². The molecule has 0 radical (unpaired) electrons. The third kappa shape index (κ3) is 12.5. The van der Waals surface area contributed by atoms with E-state index in [1.54, 1.807) is 6.92 Å². The van der Waals surface area contributed by atoms with Crippen LogP contribution in [0.3, 0.4) is 0 Å². The quantitative estimate of drug-likeness (QED) is 0.0540. The Labute approximate surface area is 613 Å². The number of hydrogen-bond donors (Lipinski definition) is 8. The number of aliphatic hydroxyl groups is 8. The molecule has 12 aliphatic rings. The number of aliphatic hydroxyl groups excluding tert-OH is 8. The molecule has 558 valence electrons. The van der Waals surface area contributed by atoms with Gasteiger partial charge in [0.2, 0.25) is 12.6 Å². The summed E-state index contributed by atoms with van der Waals surface area (Å²) in [7, 11) is 0.750. The number of ether oxygens (including phenoxy) is 6. The summed E-state index contributed by atoms with van der Waals surface area (Å²) in [6.07, 6.45) is 6.00. The van der Waals surface area contributed by atoms with Crippen molar-refractivity contribution in [2.24, 2.45) is 106 Å². The van der Waals surface area contributed by atoms with Crippen molar-refractivity contribution in [3.63, 3.8) is 0 Å². The molecule has 0 aromatic heterocycles. The van der Waals surface area contributed by atoms with Crippen molar-refractivity contribution >= 4 is 23.9 Å². The third-order valence-corrected chi connectivity index (χ3v) is 31.3. The first-order chi connectivity index (χ1) is 45.4. The van der Waals surface area contributed by atoms with E-state index in [2.05, 4.69) is 109 Å². The summed E-state index contributed by atoms with van der Waals surface area (Å²) in [5.74, 6) is -1.64. The molecule has 2 heterocycles. The van der Waals surface area contributed by atoms with Gasteiger partial charge in [0.1, 0.15) is 47.5 Å². The number of carbonyl (C=O) groups excluding carboxylic acids is 4. The van der Waals surface area contributed by atoms with E-state index in [9.17, 15) is 60.0 Å². The molecule has 28 atom stereocenters. The van der Waals surface area contributed by atoms with Crippen LogP contribution in [0.4, 0.5) is 0 Å². The van der Waals surface area contributed by atoms with E-state index >= 15 is 0 Å². The molecule has 10 aliphatic carbocycles. The molecule has 8 N–H and O–H groups in total. The van der Waals surface area contributed by atoms with Crippen LogP contribution >= 0.6 is 0 Å². The maximum absolute atomic E-state index is 14.9. The normalized spacial score (nSPS) is 49.3. The van der Waals surface area contributed by atoms with Crippen molar-refractivity contribution in [1.29, 1.82) is 0 Å². The van der Waals surface area contributed by atoms with Crippen molar-refractivity contribution in [3.05, 3.63) is 23.3 Å². The van der Waals surface area contributed by atoms with Gasteiger partial charge in [-0.15, -0.1) is 0 Å². The number of fused-ring (bicyclic) bond motifs is 14. The Balaban J connectivity index is 0.000000225. The molecule has 0 amide bonds. The first-order valence-electron chi connectivity index (χ1n) is 37.7. The standard InChI is InChI=1S/C42H66O9.C36H58O9.CH3O.Na/c1-12-28-34(49-25(4)44)33(48-24(3)43)23(2)35(50-28)51-36(47)42-20-19-37(5,6)21-27(42)26-13-14-30-39(9)17-16-31(45)38(7,8)29(39)15-18-40(30,10)41(26,11)22-32(42)46;1-31(2)14-15-36(30(43)45-29-28(42)27(41)26(40)21(18-37)44-29)20(16-31)19-8-9-23-33(5)12-11-24(38)32(3,4)22(33)10-13-34(23,6)35(19,7)17-25(36)39;1-2;/h13,23,27-35,45-46H,12,14-22H2,1-11H3;8,20-29,37-42H,9-18H2,1-7H3;1H3;/q;;-1;+1/t23-,27+,28?,29+,30-,31+,32?,33?,34+,35-,39+,40-,41-,42-;20-,21?,22-,23+,24-,25?,26-,27?,28+,29+,33-,34+,35+,36+;;/m10../s1. The number of carbonyl (C=O) groups is 4. The summed E-state index contributed by atoms with van der Waals surface area (Å²) >= 11 is 0. The van der Waals surface area contributed by atoms with Crippen LogP contribution in [0.1, 0.15) is 247 Å². The molecule has 0 aromatic carbocycles. The van der Waals surface area contributed by atoms with Gasteiger partial charge in [-0.1, -0.05) is 134 Å². The summed E-state index contributed by atoms with van der Waals surface area (Å²) in [6, 6.07) is 0. The average Bonchev–Trinajstić information content (AvgIpc) is 0.679. The fraction of sp³-hybridized carbons (Fsp3) is 0.899. The van der Waals surface area contributed by atoms with Crippen LogP contribution in [-0.2, 0) is 47.6 Å². The van der Waals surface area contributed by atoms with Crippen LogP contribution in [0.25, 0.3) is 0 Å². The van der Waals surface area contributed by atoms with Crippen LogP contribution in [-0.4, -0.2) is 158 Å². The molecule has 19 nitrogen and oxygen atoms in total. The minimum atomic E-state index is -1.70. The first-order valence-corrected chi connectivity index (χ1v) is 37.7. The van der Waals surface area contributed by atoms with E-state index in [0.717, 1.165) is 84.2 Å². The molecule has 12 rings (SSSR count). The Morgan fingerprint density at radius 1 is 0.485 bits per heavy atom. The summed E-state index contributed by atoms with van der Waals surface area (Å²) in [6.45, 7) is 38.1. The summed E-state index contributed by atoms with van der Waals surface area (Å²) < 4.78 is 35.5. The summed E-state index contributed by atoms with van der Waals surface area (Å²) in [5.41, 5.74) is -1.01. The molecule has 20 heteroatoms. The number of allylic oxidation sites excluding steroid dienone is 4. The third-order valence-electron chi connectivity index (χ3n) is 31.3. The average molecular weight is 1400 g/mol. The molecule has 10 fully saturated rings. The van der Waals surface area contributed by atoms with E-state index in [4.69, 9.17) is 33.5 Å². The monoisotopic (exact) mass is 1400 g/mol. The molecule has 99 heavy (non-hydrogen) atoms. The number of esters is 4. The zero-order valence-corrected chi connectivity index (χ0v) is 65.9. The molecule has 2 saturated heterocycles. The van der Waals surface area contributed by atoms with Gasteiger partial charge < -0.3 is 74.4 Å². The molecular formula is C79H127NaO19. The van der Waals surface area contributed by atoms with Gasteiger partial charge in [0.05, 0.1) is 36.9 Å². The predicted octanol–water partition coefficient (Wildman–Crippen LogP) is 6.74. The molecule has 6 unspecified atom stereocenters. The van der Waals surface area contributed by atoms with Crippen LogP contribution in [0.5, 0.6) is 0 Å². The van der Waals surface area contributed by atoms with Crippen LogP contribution in [0.15, 0.2) is 23.3 Å². The van der Waals surface area contributed by atoms with E-state index < -0.39 is 115 Å². The minimum Gasteiger partial charge on any atom is -0.857 e. The number of hydrogen-bond acceptors (Lipinski definition) is 19. The van der Waals surface area contributed by atoms with E-state index in [1.807, 2.05) is 6.92 Å². The second-order valence-corrected chi connectivity index (χ2v) is 37.7. The fourth-order valence-corrected chi connectivity index (χ4v) is 25.2. The van der Waals surface area contributed by atoms with Gasteiger partial charge in [-0.3, -0.25) is 19.2 Å². The smallest absolute Gasteiger partial charge is 0.857 e. The van der Waals surface area contributed by atoms with Crippen LogP contribution < -0.4 is 34.7 Å². The largest absolute Gasteiger partial charge is 1.00 e. The van der Waals surface area contributed by atoms with Gasteiger partial charge in [0.25, 0.3) is 0 Å². The predicted molar refractivity (Wildman–Crippen MR) is 364 cm³/mol. The Morgan fingerprint density at radius 3 is 1.27 bits per heavy atom. The van der Waals surface area contributed by atoms with Crippen molar-refractivity contribution < 1.29 is 123 Å². The second-order valence-electron chi connectivity index (χ2n) is 37.7. The van der Waals surface area contributed by atoms with Crippen molar-refractivity contribution in [1.82, 2.24) is 0 Å². The van der Waals surface area contributed by atoms with Crippen molar-refractivity contribution in [2.75, 3.05) is 13.7 Å². The number of rotatable bonds is 8. The van der Waals surface area contributed by atoms with Gasteiger partial charge in [-0.05, 0) is 212 Å².